The van der Waals surface area contributed by atoms with Gasteiger partial charge in [-0.15, -0.1) is 0 Å². The molecule has 0 fully saturated rings. The Labute approximate surface area is 90.5 Å². The monoisotopic (exact) mass is 176 g/mol. The quantitative estimate of drug-likeness (QED) is 0.487. The maximum absolute atomic E-state index is 10.6. The predicted octanol–water partition coefficient (Wildman–Crippen LogP) is 1.63. The molecule has 12 heavy (non-hydrogen) atoms. The standard InChI is InChI=1S/C8H10O2.CH3.Na/c9-8(10)7-4-5-1-2-6(7)3-5;;/h3,5,7H,1-2,4H2,(H,9,10);1H3;. The Morgan fingerprint density at radius 1 is 1.67 bits per heavy atom. The third-order valence-electron chi connectivity index (χ3n) is 2.54. The van der Waals surface area contributed by atoms with Gasteiger partial charge in [0, 0.05) is 0 Å². The van der Waals surface area contributed by atoms with Crippen molar-refractivity contribution in [1.29, 1.82) is 0 Å². The summed E-state index contributed by atoms with van der Waals surface area (Å²) in [5.74, 6) is -0.164. The number of hydrogen-bond acceptors (Lipinski definition) is 1. The van der Waals surface area contributed by atoms with Crippen LogP contribution in [0.1, 0.15) is 19.3 Å². The number of carbonyl (C=O) groups is 1. The molecule has 2 nitrogen and oxygen atoms in total. The van der Waals surface area contributed by atoms with Gasteiger partial charge in [-0.25, -0.2) is 0 Å². The van der Waals surface area contributed by atoms with Gasteiger partial charge in [-0.3, -0.25) is 4.79 Å². The van der Waals surface area contributed by atoms with Crippen LogP contribution < -0.4 is 0 Å². The number of rotatable bonds is 1. The average molecular weight is 176 g/mol. The van der Waals surface area contributed by atoms with Crippen LogP contribution in [0, 0.1) is 11.8 Å². The van der Waals surface area contributed by atoms with Gasteiger partial charge in [0.2, 0.25) is 0 Å². The Morgan fingerprint density at radius 2 is 2.33 bits per heavy atom. The van der Waals surface area contributed by atoms with Gasteiger partial charge in [0.05, 0.1) is 5.92 Å². The van der Waals surface area contributed by atoms with Gasteiger partial charge >= 0.3 is 38.1 Å². The summed E-state index contributed by atoms with van der Waals surface area (Å²) in [6.45, 7) is 0. The van der Waals surface area contributed by atoms with Crippen molar-refractivity contribution in [3.05, 3.63) is 11.6 Å². The van der Waals surface area contributed by atoms with Crippen molar-refractivity contribution in [2.24, 2.45) is 11.8 Å². The molecule has 3 heteroatoms. The summed E-state index contributed by atoms with van der Waals surface area (Å²) in [4.78, 5) is 10.6. The van der Waals surface area contributed by atoms with E-state index in [2.05, 4.69) is 10.2 Å². The van der Waals surface area contributed by atoms with E-state index in [1.165, 1.54) is 39.9 Å². The van der Waals surface area contributed by atoms with Crippen molar-refractivity contribution in [3.8, 4) is 0 Å². The van der Waals surface area contributed by atoms with Gasteiger partial charge in [0.1, 0.15) is 0 Å². The molecular weight excluding hydrogens is 163 g/mol. The summed E-state index contributed by atoms with van der Waals surface area (Å²) in [7, 11) is 0. The number of allylic oxidation sites excluding steroid dienone is 1. The van der Waals surface area contributed by atoms with Gasteiger partial charge in [-0.2, -0.15) is 0 Å². The van der Waals surface area contributed by atoms with E-state index in [9.17, 15) is 4.79 Å². The molecule has 0 spiro atoms. The van der Waals surface area contributed by atoms with Crippen molar-refractivity contribution in [2.75, 3.05) is 0 Å². The molecule has 2 bridgehead atoms. The van der Waals surface area contributed by atoms with Crippen LogP contribution in [-0.2, 0) is 4.79 Å². The van der Waals surface area contributed by atoms with Gasteiger partial charge in [0.25, 0.3) is 0 Å². The zero-order valence-electron chi connectivity index (χ0n) is 7.71. The van der Waals surface area contributed by atoms with E-state index >= 15 is 0 Å². The van der Waals surface area contributed by atoms with E-state index in [0.29, 0.717) is 5.92 Å². The Bertz CT molecular complexity index is 211. The van der Waals surface area contributed by atoms with Gasteiger partial charge < -0.3 is 5.11 Å². The van der Waals surface area contributed by atoms with E-state index in [1.54, 1.807) is 0 Å². The molecular formula is C9H13NaO2. The third-order valence-corrected chi connectivity index (χ3v) is 2.54. The SMILES string of the molecule is O=C(O)C1CC2C=C1CC2.[CH3][Na]. The number of carboxylic acid groups (broad SMARTS) is 1. The van der Waals surface area contributed by atoms with Crippen molar-refractivity contribution in [2.45, 2.75) is 23.4 Å². The molecule has 2 aliphatic rings. The summed E-state index contributed by atoms with van der Waals surface area (Å²) >= 11 is 1.31. The number of fused-ring (bicyclic) bond motifs is 1. The second-order valence-electron chi connectivity index (χ2n) is 3.17. The predicted molar refractivity (Wildman–Crippen MR) is 48.2 cm³/mol. The molecule has 0 aromatic rings. The van der Waals surface area contributed by atoms with E-state index in [-0.39, 0.29) is 5.92 Å². The zero-order valence-corrected chi connectivity index (χ0v) is 9.71. The van der Waals surface area contributed by atoms with Gasteiger partial charge in [0.15, 0.2) is 0 Å². The fourth-order valence-electron chi connectivity index (χ4n) is 2.01. The zero-order chi connectivity index (χ0) is 9.14. The summed E-state index contributed by atoms with van der Waals surface area (Å²) < 4.78 is 2.14. The van der Waals surface area contributed by atoms with Crippen LogP contribution in [-0.4, -0.2) is 39.0 Å². The van der Waals surface area contributed by atoms with Crippen LogP contribution in [0.3, 0.4) is 0 Å². The first-order valence-electron chi connectivity index (χ1n) is 4.71. The minimum atomic E-state index is -0.631. The minimum absolute atomic E-state index is 0.126. The number of hydrogen-bond donors (Lipinski definition) is 1. The molecule has 0 aliphatic heterocycles. The number of carboxylic acids is 1. The first-order valence-corrected chi connectivity index (χ1v) is 6.71. The molecule has 2 unspecified atom stereocenters. The molecule has 0 saturated heterocycles. The molecule has 2 rings (SSSR count). The van der Waals surface area contributed by atoms with Crippen LogP contribution >= 0.6 is 0 Å². The molecule has 0 saturated carbocycles. The van der Waals surface area contributed by atoms with Crippen molar-refractivity contribution in [3.63, 3.8) is 0 Å². The molecule has 1 N–H and O–H groups in total. The Balaban J connectivity index is 0.000000336. The molecule has 2 atom stereocenters. The Kier molecular flexibility index (Phi) is 3.81. The van der Waals surface area contributed by atoms with Crippen LogP contribution in [0.15, 0.2) is 11.6 Å². The van der Waals surface area contributed by atoms with E-state index in [1.807, 2.05) is 0 Å². The summed E-state index contributed by atoms with van der Waals surface area (Å²) in [6, 6.07) is 0. The fraction of sp³-hybridized carbons (Fsp3) is 0.667. The Hall–Kier alpha value is 0.210. The van der Waals surface area contributed by atoms with E-state index in [0.717, 1.165) is 12.8 Å². The normalized spacial score (nSPS) is 30.8. The molecule has 0 aromatic carbocycles. The molecule has 0 heterocycles. The molecule has 0 radical (unpaired) electrons. The molecule has 0 aromatic heterocycles. The van der Waals surface area contributed by atoms with Crippen molar-refractivity contribution >= 4 is 33.9 Å². The second-order valence-corrected chi connectivity index (χ2v) is 3.17. The summed E-state index contributed by atoms with van der Waals surface area (Å²) in [6.07, 6.45) is 5.24. The third kappa shape index (κ3) is 1.93. The fourth-order valence-corrected chi connectivity index (χ4v) is 2.01. The molecule has 62 valence electrons. The molecule has 0 amide bonds. The van der Waals surface area contributed by atoms with Gasteiger partial charge in [-0.1, -0.05) is 11.6 Å². The van der Waals surface area contributed by atoms with Crippen LogP contribution in [0.2, 0.25) is 4.17 Å². The van der Waals surface area contributed by atoms with Crippen LogP contribution in [0.5, 0.6) is 0 Å². The summed E-state index contributed by atoms with van der Waals surface area (Å²) in [5.41, 5.74) is 1.18. The summed E-state index contributed by atoms with van der Waals surface area (Å²) in [5, 5.41) is 8.69. The first kappa shape index (κ1) is 10.3. The average Bonchev–Trinajstić information content (AvgIpc) is 2.67. The molecule has 2 aliphatic carbocycles. The van der Waals surface area contributed by atoms with Crippen LogP contribution in [0.25, 0.3) is 0 Å². The first-order chi connectivity index (χ1) is 5.77. The topological polar surface area (TPSA) is 37.3 Å². The maximum atomic E-state index is 10.6. The van der Waals surface area contributed by atoms with Crippen molar-refractivity contribution < 1.29 is 9.90 Å². The van der Waals surface area contributed by atoms with E-state index in [4.69, 9.17) is 5.11 Å². The Morgan fingerprint density at radius 3 is 2.58 bits per heavy atom. The number of aliphatic carboxylic acids is 1. The second kappa shape index (κ2) is 4.45. The van der Waals surface area contributed by atoms with E-state index < -0.39 is 5.97 Å². The van der Waals surface area contributed by atoms with Gasteiger partial charge in [-0.05, 0) is 25.2 Å². The van der Waals surface area contributed by atoms with Crippen LogP contribution in [0.4, 0.5) is 0 Å². The van der Waals surface area contributed by atoms with Crippen molar-refractivity contribution in [1.82, 2.24) is 0 Å².